The SMILES string of the molecule is CCc1cccc(CC)c1NC(N)=NCc1cccc(NC(=O)C2CCCO2)c1. The number of carbonyl (C=O) groups excluding carboxylic acids is 1. The number of aliphatic imine (C=N–C) groups is 1. The molecule has 0 aliphatic carbocycles. The van der Waals surface area contributed by atoms with Crippen LogP contribution < -0.4 is 16.4 Å². The minimum Gasteiger partial charge on any atom is -0.370 e. The van der Waals surface area contributed by atoms with Gasteiger partial charge in [0.15, 0.2) is 5.96 Å². The smallest absolute Gasteiger partial charge is 0.253 e. The average Bonchev–Trinajstić information content (AvgIpc) is 3.28. The molecule has 1 atom stereocenters. The summed E-state index contributed by atoms with van der Waals surface area (Å²) in [4.78, 5) is 16.7. The average molecular weight is 395 g/mol. The minimum absolute atomic E-state index is 0.0902. The van der Waals surface area contributed by atoms with Crippen LogP contribution in [0.15, 0.2) is 47.5 Å². The summed E-state index contributed by atoms with van der Waals surface area (Å²) in [6.45, 7) is 5.34. The molecule has 1 saturated heterocycles. The van der Waals surface area contributed by atoms with Gasteiger partial charge in [0.2, 0.25) is 0 Å². The van der Waals surface area contributed by atoms with E-state index < -0.39 is 0 Å². The summed E-state index contributed by atoms with van der Waals surface area (Å²) in [6, 6.07) is 13.9. The fraction of sp³-hybridized carbons (Fsp3) is 0.391. The van der Waals surface area contributed by atoms with Crippen molar-refractivity contribution in [3.05, 3.63) is 59.2 Å². The first-order valence-electron chi connectivity index (χ1n) is 10.3. The number of nitrogens with two attached hydrogens (primary N) is 1. The quantitative estimate of drug-likeness (QED) is 0.491. The van der Waals surface area contributed by atoms with E-state index in [9.17, 15) is 4.79 Å². The second-order valence-corrected chi connectivity index (χ2v) is 7.18. The molecule has 0 radical (unpaired) electrons. The van der Waals surface area contributed by atoms with Crippen LogP contribution in [-0.2, 0) is 28.9 Å². The van der Waals surface area contributed by atoms with Crippen LogP contribution >= 0.6 is 0 Å². The molecule has 6 nitrogen and oxygen atoms in total. The van der Waals surface area contributed by atoms with Gasteiger partial charge in [-0.15, -0.1) is 0 Å². The van der Waals surface area contributed by atoms with Crippen LogP contribution in [0.1, 0.15) is 43.4 Å². The number of hydrogen-bond donors (Lipinski definition) is 3. The monoisotopic (exact) mass is 394 g/mol. The van der Waals surface area contributed by atoms with E-state index in [0.29, 0.717) is 19.1 Å². The maximum atomic E-state index is 12.2. The van der Waals surface area contributed by atoms with Crippen LogP contribution in [0.25, 0.3) is 0 Å². The van der Waals surface area contributed by atoms with E-state index in [1.807, 2.05) is 24.3 Å². The summed E-state index contributed by atoms with van der Waals surface area (Å²) < 4.78 is 5.43. The van der Waals surface area contributed by atoms with Gasteiger partial charge >= 0.3 is 0 Å². The van der Waals surface area contributed by atoms with E-state index in [4.69, 9.17) is 10.5 Å². The predicted octanol–water partition coefficient (Wildman–Crippen LogP) is 3.86. The molecular weight excluding hydrogens is 364 g/mol. The molecular formula is C23H30N4O2. The van der Waals surface area contributed by atoms with Crippen molar-refractivity contribution in [2.24, 2.45) is 10.7 Å². The molecule has 1 aliphatic heterocycles. The molecule has 2 aromatic rings. The Morgan fingerprint density at radius 3 is 2.52 bits per heavy atom. The van der Waals surface area contributed by atoms with Crippen molar-refractivity contribution in [2.75, 3.05) is 17.2 Å². The van der Waals surface area contributed by atoms with Gasteiger partial charge in [-0.2, -0.15) is 0 Å². The molecule has 1 amide bonds. The topological polar surface area (TPSA) is 88.7 Å². The molecule has 2 aromatic carbocycles. The number of guanidine groups is 1. The maximum absolute atomic E-state index is 12.2. The van der Waals surface area contributed by atoms with Crippen molar-refractivity contribution in [1.29, 1.82) is 0 Å². The zero-order chi connectivity index (χ0) is 20.6. The number of amides is 1. The number of nitrogens with zero attached hydrogens (tertiary/aromatic N) is 1. The molecule has 0 spiro atoms. The molecule has 29 heavy (non-hydrogen) atoms. The van der Waals surface area contributed by atoms with Gasteiger partial charge in [-0.25, -0.2) is 4.99 Å². The number of aryl methyl sites for hydroxylation is 2. The van der Waals surface area contributed by atoms with Crippen LogP contribution in [0.5, 0.6) is 0 Å². The van der Waals surface area contributed by atoms with Crippen molar-refractivity contribution >= 4 is 23.2 Å². The lowest BCUT2D eigenvalue weighted by Crippen LogP contribution is -2.26. The number of carbonyl (C=O) groups is 1. The van der Waals surface area contributed by atoms with Gasteiger partial charge in [-0.05, 0) is 54.5 Å². The molecule has 1 heterocycles. The zero-order valence-electron chi connectivity index (χ0n) is 17.2. The van der Waals surface area contributed by atoms with Crippen molar-refractivity contribution in [3.63, 3.8) is 0 Å². The Hall–Kier alpha value is -2.86. The number of para-hydroxylation sites is 1. The van der Waals surface area contributed by atoms with Crippen molar-refractivity contribution in [2.45, 2.75) is 52.2 Å². The van der Waals surface area contributed by atoms with E-state index in [-0.39, 0.29) is 12.0 Å². The third-order valence-electron chi connectivity index (χ3n) is 5.10. The lowest BCUT2D eigenvalue weighted by molar-refractivity contribution is -0.124. The Morgan fingerprint density at radius 1 is 1.14 bits per heavy atom. The van der Waals surface area contributed by atoms with Gasteiger partial charge in [-0.3, -0.25) is 4.79 Å². The highest BCUT2D eigenvalue weighted by atomic mass is 16.5. The van der Waals surface area contributed by atoms with Crippen LogP contribution in [-0.4, -0.2) is 24.6 Å². The number of nitrogens with one attached hydrogen (secondary N) is 2. The van der Waals surface area contributed by atoms with Crippen molar-refractivity contribution in [1.82, 2.24) is 0 Å². The first kappa shape index (κ1) is 20.9. The Morgan fingerprint density at radius 2 is 1.86 bits per heavy atom. The summed E-state index contributed by atoms with van der Waals surface area (Å²) in [6.07, 6.45) is 3.21. The van der Waals surface area contributed by atoms with Crippen molar-refractivity contribution < 1.29 is 9.53 Å². The summed E-state index contributed by atoms with van der Waals surface area (Å²) >= 11 is 0. The van der Waals surface area contributed by atoms with E-state index >= 15 is 0 Å². The van der Waals surface area contributed by atoms with E-state index in [2.05, 4.69) is 47.7 Å². The maximum Gasteiger partial charge on any atom is 0.253 e. The first-order valence-corrected chi connectivity index (χ1v) is 10.3. The molecule has 154 valence electrons. The molecule has 3 rings (SSSR count). The Labute approximate surface area is 172 Å². The summed E-state index contributed by atoms with van der Waals surface area (Å²) in [5.41, 5.74) is 11.4. The molecule has 0 aromatic heterocycles. The van der Waals surface area contributed by atoms with Gasteiger partial charge in [0, 0.05) is 18.0 Å². The van der Waals surface area contributed by atoms with Gasteiger partial charge < -0.3 is 21.1 Å². The third-order valence-corrected chi connectivity index (χ3v) is 5.10. The number of anilines is 2. The fourth-order valence-electron chi connectivity index (χ4n) is 3.50. The zero-order valence-corrected chi connectivity index (χ0v) is 17.2. The van der Waals surface area contributed by atoms with Gasteiger partial charge in [0.1, 0.15) is 6.10 Å². The van der Waals surface area contributed by atoms with E-state index in [1.54, 1.807) is 0 Å². The summed E-state index contributed by atoms with van der Waals surface area (Å²) in [5, 5.41) is 6.20. The van der Waals surface area contributed by atoms with Gasteiger partial charge in [0.05, 0.1) is 6.54 Å². The molecule has 0 bridgehead atoms. The Bertz CT molecular complexity index is 851. The fourth-order valence-corrected chi connectivity index (χ4v) is 3.50. The molecule has 1 fully saturated rings. The van der Waals surface area contributed by atoms with Crippen LogP contribution in [0.3, 0.4) is 0 Å². The molecule has 4 N–H and O–H groups in total. The third kappa shape index (κ3) is 5.57. The lowest BCUT2D eigenvalue weighted by Gasteiger charge is -2.15. The Kier molecular flexibility index (Phi) is 7.25. The highest BCUT2D eigenvalue weighted by Gasteiger charge is 2.23. The Balaban J connectivity index is 1.64. The standard InChI is InChI=1S/C23H30N4O2/c1-3-17-9-6-10-18(4-2)21(17)27-23(24)25-15-16-8-5-11-19(14-16)26-22(28)20-12-7-13-29-20/h5-6,8-11,14,20H,3-4,7,12-13,15H2,1-2H3,(H,26,28)(H3,24,25,27). The number of benzene rings is 2. The molecule has 0 saturated carbocycles. The normalized spacial score (nSPS) is 16.6. The number of ether oxygens (including phenoxy) is 1. The van der Waals surface area contributed by atoms with E-state index in [1.165, 1.54) is 11.1 Å². The lowest BCUT2D eigenvalue weighted by atomic mass is 10.0. The largest absolute Gasteiger partial charge is 0.370 e. The predicted molar refractivity (Wildman–Crippen MR) is 118 cm³/mol. The van der Waals surface area contributed by atoms with Gasteiger partial charge in [-0.1, -0.05) is 44.2 Å². The number of rotatable bonds is 7. The van der Waals surface area contributed by atoms with E-state index in [0.717, 1.165) is 42.6 Å². The van der Waals surface area contributed by atoms with Crippen LogP contribution in [0.4, 0.5) is 11.4 Å². The van der Waals surface area contributed by atoms with Gasteiger partial charge in [0.25, 0.3) is 5.91 Å². The number of hydrogen-bond acceptors (Lipinski definition) is 3. The minimum atomic E-state index is -0.345. The summed E-state index contributed by atoms with van der Waals surface area (Å²) in [5.74, 6) is 0.294. The molecule has 1 unspecified atom stereocenters. The van der Waals surface area contributed by atoms with Crippen LogP contribution in [0, 0.1) is 0 Å². The second-order valence-electron chi connectivity index (χ2n) is 7.18. The highest BCUT2D eigenvalue weighted by Crippen LogP contribution is 2.22. The molecule has 1 aliphatic rings. The first-order chi connectivity index (χ1) is 14.1. The second kappa shape index (κ2) is 10.1. The summed E-state index contributed by atoms with van der Waals surface area (Å²) in [7, 11) is 0. The van der Waals surface area contributed by atoms with Crippen LogP contribution in [0.2, 0.25) is 0 Å². The highest BCUT2D eigenvalue weighted by molar-refractivity contribution is 5.95. The molecule has 6 heteroatoms. The van der Waals surface area contributed by atoms with Crippen molar-refractivity contribution in [3.8, 4) is 0 Å².